The fourth-order valence-electron chi connectivity index (χ4n) is 1.95. The summed E-state index contributed by atoms with van der Waals surface area (Å²) in [6.45, 7) is 2.15. The molecule has 0 bridgehead atoms. The van der Waals surface area contributed by atoms with Crippen LogP contribution in [0, 0.1) is 0 Å². The molecule has 110 valence electrons. The first-order valence-corrected chi connectivity index (χ1v) is 6.94. The minimum atomic E-state index is 0.0376. The molecule has 0 saturated heterocycles. The maximum atomic E-state index is 12.1. The van der Waals surface area contributed by atoms with Crippen molar-refractivity contribution in [3.8, 4) is 0 Å². The molecule has 1 rings (SSSR count). The molecule has 0 aliphatic rings. The molecule has 20 heavy (non-hydrogen) atoms. The van der Waals surface area contributed by atoms with Gasteiger partial charge in [-0.1, -0.05) is 43.5 Å². The highest BCUT2D eigenvalue weighted by Gasteiger charge is 2.11. The molecule has 0 saturated carbocycles. The van der Waals surface area contributed by atoms with Gasteiger partial charge in [-0.3, -0.25) is 4.79 Å². The van der Waals surface area contributed by atoms with Crippen LogP contribution in [0.25, 0.3) is 0 Å². The molecule has 0 atom stereocenters. The van der Waals surface area contributed by atoms with Crippen LogP contribution in [-0.4, -0.2) is 24.0 Å². The van der Waals surface area contributed by atoms with E-state index in [9.17, 15) is 4.79 Å². The summed E-state index contributed by atoms with van der Waals surface area (Å²) in [5.41, 5.74) is 6.89. The van der Waals surface area contributed by atoms with E-state index in [1.807, 2.05) is 6.07 Å². The van der Waals surface area contributed by atoms with Crippen molar-refractivity contribution in [2.75, 3.05) is 11.9 Å². The summed E-state index contributed by atoms with van der Waals surface area (Å²) in [4.78, 5) is 13.7. The number of hydrogen-bond acceptors (Lipinski definition) is 3. The molecule has 0 fully saturated rings. The van der Waals surface area contributed by atoms with E-state index in [1.165, 1.54) is 0 Å². The van der Waals surface area contributed by atoms with E-state index in [-0.39, 0.29) is 11.7 Å². The summed E-state index contributed by atoms with van der Waals surface area (Å²) in [6.07, 6.45) is 4.86. The number of amides is 1. The minimum Gasteiger partial charge on any atom is -0.409 e. The number of benzene rings is 1. The molecule has 1 aromatic rings. The summed E-state index contributed by atoms with van der Waals surface area (Å²) in [5.74, 6) is 0.119. The van der Waals surface area contributed by atoms with Crippen LogP contribution >= 0.6 is 0 Å². The Morgan fingerprint density at radius 3 is 2.75 bits per heavy atom. The zero-order valence-corrected chi connectivity index (χ0v) is 12.2. The van der Waals surface area contributed by atoms with E-state index in [2.05, 4.69) is 12.1 Å². The normalized spacial score (nSPS) is 11.4. The molecule has 0 aliphatic carbocycles. The molecule has 0 spiro atoms. The van der Waals surface area contributed by atoms with Gasteiger partial charge in [0.1, 0.15) is 0 Å². The summed E-state index contributed by atoms with van der Waals surface area (Å²) < 4.78 is 0. The van der Waals surface area contributed by atoms with Crippen molar-refractivity contribution < 1.29 is 10.0 Å². The Morgan fingerprint density at radius 1 is 1.35 bits per heavy atom. The number of rotatable bonds is 7. The molecule has 5 heteroatoms. The Balaban J connectivity index is 2.67. The highest BCUT2D eigenvalue weighted by Crippen LogP contribution is 2.16. The predicted octanol–water partition coefficient (Wildman–Crippen LogP) is 2.71. The van der Waals surface area contributed by atoms with Crippen molar-refractivity contribution >= 4 is 17.4 Å². The van der Waals surface area contributed by atoms with E-state index >= 15 is 0 Å². The SMILES string of the molecule is CCCCCCC(=O)N(C)c1cccc(/C(N)=N/O)c1. The van der Waals surface area contributed by atoms with Crippen LogP contribution in [0.4, 0.5) is 5.69 Å². The first-order valence-electron chi connectivity index (χ1n) is 6.94. The van der Waals surface area contributed by atoms with E-state index in [0.717, 1.165) is 31.4 Å². The van der Waals surface area contributed by atoms with E-state index in [1.54, 1.807) is 30.1 Å². The van der Waals surface area contributed by atoms with Crippen LogP contribution in [0.15, 0.2) is 29.4 Å². The Labute approximate surface area is 120 Å². The molecule has 3 N–H and O–H groups in total. The highest BCUT2D eigenvalue weighted by molar-refractivity contribution is 5.99. The third-order valence-corrected chi connectivity index (χ3v) is 3.26. The van der Waals surface area contributed by atoms with Gasteiger partial charge in [0.2, 0.25) is 5.91 Å². The van der Waals surface area contributed by atoms with Gasteiger partial charge in [-0.25, -0.2) is 0 Å². The summed E-state index contributed by atoms with van der Waals surface area (Å²) in [7, 11) is 1.74. The number of anilines is 1. The number of oxime groups is 1. The Bertz CT molecular complexity index is 472. The van der Waals surface area contributed by atoms with Crippen molar-refractivity contribution in [2.45, 2.75) is 39.0 Å². The van der Waals surface area contributed by atoms with Gasteiger partial charge in [0, 0.05) is 24.7 Å². The molecule has 0 heterocycles. The topological polar surface area (TPSA) is 78.9 Å². The summed E-state index contributed by atoms with van der Waals surface area (Å²) in [5, 5.41) is 11.6. The van der Waals surface area contributed by atoms with Crippen LogP contribution in [0.2, 0.25) is 0 Å². The molecular weight excluding hydrogens is 254 g/mol. The number of nitrogens with zero attached hydrogens (tertiary/aromatic N) is 2. The monoisotopic (exact) mass is 277 g/mol. The van der Waals surface area contributed by atoms with Crippen LogP contribution in [0.3, 0.4) is 0 Å². The number of nitrogens with two attached hydrogens (primary N) is 1. The fourth-order valence-corrected chi connectivity index (χ4v) is 1.95. The number of unbranched alkanes of at least 4 members (excludes halogenated alkanes) is 3. The van der Waals surface area contributed by atoms with E-state index < -0.39 is 0 Å². The van der Waals surface area contributed by atoms with Crippen molar-refractivity contribution in [1.29, 1.82) is 0 Å². The second-order valence-corrected chi connectivity index (χ2v) is 4.80. The molecule has 5 nitrogen and oxygen atoms in total. The first-order chi connectivity index (χ1) is 9.60. The Kier molecular flexibility index (Phi) is 6.56. The lowest BCUT2D eigenvalue weighted by Crippen LogP contribution is -2.26. The number of hydrogen-bond donors (Lipinski definition) is 2. The summed E-state index contributed by atoms with van der Waals surface area (Å²) in [6, 6.07) is 7.08. The van der Waals surface area contributed by atoms with E-state index in [0.29, 0.717) is 12.0 Å². The van der Waals surface area contributed by atoms with Crippen molar-refractivity contribution in [2.24, 2.45) is 10.9 Å². The predicted molar refractivity (Wildman–Crippen MR) is 81.1 cm³/mol. The van der Waals surface area contributed by atoms with Crippen molar-refractivity contribution in [3.05, 3.63) is 29.8 Å². The lowest BCUT2D eigenvalue weighted by Gasteiger charge is -2.18. The second kappa shape index (κ2) is 8.19. The molecule has 0 unspecified atom stereocenters. The van der Waals surface area contributed by atoms with Gasteiger partial charge in [-0.2, -0.15) is 0 Å². The number of amidine groups is 1. The van der Waals surface area contributed by atoms with E-state index in [4.69, 9.17) is 10.9 Å². The van der Waals surface area contributed by atoms with Crippen LogP contribution in [0.5, 0.6) is 0 Å². The number of carbonyl (C=O) groups is 1. The molecule has 1 amide bonds. The highest BCUT2D eigenvalue weighted by atomic mass is 16.4. The quantitative estimate of drug-likeness (QED) is 0.264. The maximum Gasteiger partial charge on any atom is 0.226 e. The Hall–Kier alpha value is -2.04. The fraction of sp³-hybridized carbons (Fsp3) is 0.467. The first kappa shape index (κ1) is 16.0. The average molecular weight is 277 g/mol. The summed E-state index contributed by atoms with van der Waals surface area (Å²) >= 11 is 0. The van der Waals surface area contributed by atoms with Crippen LogP contribution in [-0.2, 0) is 4.79 Å². The van der Waals surface area contributed by atoms with Gasteiger partial charge in [-0.15, -0.1) is 0 Å². The van der Waals surface area contributed by atoms with Gasteiger partial charge in [-0.05, 0) is 18.6 Å². The van der Waals surface area contributed by atoms with Crippen LogP contribution < -0.4 is 10.6 Å². The van der Waals surface area contributed by atoms with Gasteiger partial charge < -0.3 is 15.8 Å². The van der Waals surface area contributed by atoms with Gasteiger partial charge in [0.25, 0.3) is 0 Å². The van der Waals surface area contributed by atoms with Crippen molar-refractivity contribution in [1.82, 2.24) is 0 Å². The van der Waals surface area contributed by atoms with Crippen LogP contribution in [0.1, 0.15) is 44.6 Å². The third-order valence-electron chi connectivity index (χ3n) is 3.26. The second-order valence-electron chi connectivity index (χ2n) is 4.80. The zero-order chi connectivity index (χ0) is 15.0. The number of carbonyl (C=O) groups excluding carboxylic acids is 1. The zero-order valence-electron chi connectivity index (χ0n) is 12.2. The van der Waals surface area contributed by atoms with Gasteiger partial charge >= 0.3 is 0 Å². The molecule has 0 aliphatic heterocycles. The lowest BCUT2D eigenvalue weighted by molar-refractivity contribution is -0.118. The standard InChI is InChI=1S/C15H23N3O2/c1-3-4-5-6-10-14(19)18(2)13-9-7-8-12(11-13)15(16)17-20/h7-9,11,20H,3-6,10H2,1-2H3,(H2,16,17). The van der Waals surface area contributed by atoms with Gasteiger partial charge in [0.05, 0.1) is 0 Å². The molecule has 0 radical (unpaired) electrons. The largest absolute Gasteiger partial charge is 0.409 e. The van der Waals surface area contributed by atoms with Crippen molar-refractivity contribution in [3.63, 3.8) is 0 Å². The molecule has 0 aromatic heterocycles. The van der Waals surface area contributed by atoms with Gasteiger partial charge in [0.15, 0.2) is 5.84 Å². The molecule has 1 aromatic carbocycles. The lowest BCUT2D eigenvalue weighted by atomic mass is 10.1. The molecular formula is C15H23N3O2. The third kappa shape index (κ3) is 4.57. The Morgan fingerprint density at radius 2 is 2.10 bits per heavy atom. The average Bonchev–Trinajstić information content (AvgIpc) is 2.49. The minimum absolute atomic E-state index is 0.0376. The maximum absolute atomic E-state index is 12.1. The smallest absolute Gasteiger partial charge is 0.226 e.